The minimum absolute atomic E-state index is 0.532. The predicted octanol–water partition coefficient (Wildman–Crippen LogP) is 6.02. The third kappa shape index (κ3) is 2.82. The van der Waals surface area contributed by atoms with Crippen LogP contribution in [-0.4, -0.2) is 15.4 Å². The van der Waals surface area contributed by atoms with Gasteiger partial charge >= 0.3 is 0 Å². The summed E-state index contributed by atoms with van der Waals surface area (Å²) in [5, 5.41) is 6.78. The molecule has 0 radical (unpaired) electrons. The zero-order valence-electron chi connectivity index (χ0n) is 13.9. The number of nitrogens with one attached hydrogen (secondary N) is 1. The maximum atomic E-state index is 6.47. The van der Waals surface area contributed by atoms with Gasteiger partial charge in [-0.1, -0.05) is 56.0 Å². The lowest BCUT2D eigenvalue weighted by molar-refractivity contribution is 0.461. The fourth-order valence-electron chi connectivity index (χ4n) is 3.57. The zero-order chi connectivity index (χ0) is 16.5. The normalized spacial score (nSPS) is 15.9. The van der Waals surface area contributed by atoms with E-state index in [4.69, 9.17) is 16.6 Å². The molecule has 2 aromatic heterocycles. The first kappa shape index (κ1) is 16.0. The molecule has 1 aliphatic rings. The molecule has 3 nitrogen and oxygen atoms in total. The van der Waals surface area contributed by atoms with Crippen LogP contribution in [0.1, 0.15) is 44.7 Å². The van der Waals surface area contributed by atoms with Crippen LogP contribution >= 0.6 is 22.9 Å². The highest BCUT2D eigenvalue weighted by Crippen LogP contribution is 2.37. The number of nitrogens with zero attached hydrogens (tertiary/aromatic N) is 2. The van der Waals surface area contributed by atoms with Crippen molar-refractivity contribution in [3.63, 3.8) is 0 Å². The Labute approximate surface area is 151 Å². The van der Waals surface area contributed by atoms with Gasteiger partial charge in [-0.25, -0.2) is 4.98 Å². The van der Waals surface area contributed by atoms with Gasteiger partial charge in [0.05, 0.1) is 5.02 Å². The number of fused-ring (bicyclic) bond motifs is 1. The minimum atomic E-state index is 0.532. The van der Waals surface area contributed by atoms with E-state index in [1.807, 2.05) is 18.2 Å². The number of aryl methyl sites for hydroxylation is 1. The van der Waals surface area contributed by atoms with E-state index in [0.717, 1.165) is 33.5 Å². The van der Waals surface area contributed by atoms with Crippen molar-refractivity contribution in [2.75, 3.05) is 5.32 Å². The molecule has 0 spiro atoms. The molecule has 0 aliphatic heterocycles. The van der Waals surface area contributed by atoms with Crippen molar-refractivity contribution in [1.29, 1.82) is 0 Å². The van der Waals surface area contributed by atoms with Crippen molar-refractivity contribution in [3.05, 3.63) is 40.4 Å². The van der Waals surface area contributed by atoms with E-state index in [2.05, 4.69) is 28.1 Å². The summed E-state index contributed by atoms with van der Waals surface area (Å²) in [5.41, 5.74) is 3.29. The van der Waals surface area contributed by atoms with Gasteiger partial charge in [-0.2, -0.15) is 0 Å². The Kier molecular flexibility index (Phi) is 4.51. The third-order valence-corrected chi connectivity index (χ3v) is 6.08. The molecule has 1 saturated carbocycles. The van der Waals surface area contributed by atoms with E-state index >= 15 is 0 Å². The summed E-state index contributed by atoms with van der Waals surface area (Å²) >= 11 is 8.17. The van der Waals surface area contributed by atoms with Crippen LogP contribution in [0, 0.1) is 0 Å². The van der Waals surface area contributed by atoms with Crippen LogP contribution in [0.5, 0.6) is 0 Å². The van der Waals surface area contributed by atoms with Crippen LogP contribution in [0.25, 0.3) is 16.2 Å². The van der Waals surface area contributed by atoms with Crippen LogP contribution < -0.4 is 5.32 Å². The molecule has 1 aliphatic carbocycles. The van der Waals surface area contributed by atoms with Gasteiger partial charge in [-0.05, 0) is 25.3 Å². The third-order valence-electron chi connectivity index (χ3n) is 4.87. The van der Waals surface area contributed by atoms with Gasteiger partial charge in [0.2, 0.25) is 0 Å². The van der Waals surface area contributed by atoms with Crippen molar-refractivity contribution < 1.29 is 0 Å². The molecule has 2 heterocycles. The molecule has 126 valence electrons. The molecule has 5 heteroatoms. The SMILES string of the molecule is CCc1csc2nc(-c3ccccc3Cl)c(NC3CCCCC3)n12. The van der Waals surface area contributed by atoms with Crippen molar-refractivity contribution in [3.8, 4) is 11.3 Å². The number of aromatic nitrogens is 2. The molecule has 0 unspecified atom stereocenters. The number of rotatable bonds is 4. The molecule has 24 heavy (non-hydrogen) atoms. The Bertz CT molecular complexity index is 846. The van der Waals surface area contributed by atoms with Gasteiger partial charge in [-0.3, -0.25) is 4.40 Å². The minimum Gasteiger partial charge on any atom is -0.367 e. The Morgan fingerprint density at radius 1 is 1.25 bits per heavy atom. The quantitative estimate of drug-likeness (QED) is 0.616. The topological polar surface area (TPSA) is 29.3 Å². The Hall–Kier alpha value is -1.52. The van der Waals surface area contributed by atoms with Crippen molar-refractivity contribution in [2.45, 2.75) is 51.5 Å². The molecule has 3 aromatic rings. The summed E-state index contributed by atoms with van der Waals surface area (Å²) in [6.45, 7) is 2.20. The fourth-order valence-corrected chi connectivity index (χ4v) is 4.77. The summed E-state index contributed by atoms with van der Waals surface area (Å²) < 4.78 is 2.29. The second-order valence-electron chi connectivity index (χ2n) is 6.47. The molecule has 0 bridgehead atoms. The first-order valence-electron chi connectivity index (χ1n) is 8.78. The Morgan fingerprint density at radius 2 is 2.04 bits per heavy atom. The smallest absolute Gasteiger partial charge is 0.196 e. The number of anilines is 1. The average molecular weight is 360 g/mol. The van der Waals surface area contributed by atoms with Crippen molar-refractivity contribution in [1.82, 2.24) is 9.38 Å². The summed E-state index contributed by atoms with van der Waals surface area (Å²) in [5.74, 6) is 1.11. The second kappa shape index (κ2) is 6.77. The number of benzene rings is 1. The highest BCUT2D eigenvalue weighted by atomic mass is 35.5. The summed E-state index contributed by atoms with van der Waals surface area (Å²) in [6.07, 6.45) is 7.45. The molecule has 0 saturated heterocycles. The zero-order valence-corrected chi connectivity index (χ0v) is 15.5. The molecule has 0 amide bonds. The van der Waals surface area contributed by atoms with Gasteiger partial charge < -0.3 is 5.32 Å². The van der Waals surface area contributed by atoms with Crippen LogP contribution in [0.15, 0.2) is 29.6 Å². The van der Waals surface area contributed by atoms with Crippen molar-refractivity contribution in [2.24, 2.45) is 0 Å². The number of thiazole rings is 1. The van der Waals surface area contributed by atoms with Gasteiger partial charge in [-0.15, -0.1) is 11.3 Å². The maximum Gasteiger partial charge on any atom is 0.196 e. The van der Waals surface area contributed by atoms with Crippen LogP contribution in [-0.2, 0) is 6.42 Å². The lowest BCUT2D eigenvalue weighted by Crippen LogP contribution is -2.23. The lowest BCUT2D eigenvalue weighted by Gasteiger charge is -2.24. The standard InChI is InChI=1S/C19H22ClN3S/c1-2-14-12-24-19-22-17(15-10-6-7-11-16(15)20)18(23(14)19)21-13-8-4-3-5-9-13/h6-7,10-13,21H,2-5,8-9H2,1H3. The molecule has 0 atom stereocenters. The first-order valence-corrected chi connectivity index (χ1v) is 10.0. The van der Waals surface area contributed by atoms with E-state index in [0.29, 0.717) is 6.04 Å². The predicted molar refractivity (Wildman–Crippen MR) is 103 cm³/mol. The number of hydrogen-bond acceptors (Lipinski definition) is 3. The molecule has 1 fully saturated rings. The fraction of sp³-hybridized carbons (Fsp3) is 0.421. The summed E-state index contributed by atoms with van der Waals surface area (Å²) in [7, 11) is 0. The van der Waals surface area contributed by atoms with Gasteiger partial charge in [0.15, 0.2) is 4.96 Å². The van der Waals surface area contributed by atoms with Gasteiger partial charge in [0.1, 0.15) is 11.5 Å². The van der Waals surface area contributed by atoms with E-state index in [1.165, 1.54) is 37.8 Å². The second-order valence-corrected chi connectivity index (χ2v) is 7.71. The number of halogens is 1. The van der Waals surface area contributed by atoms with E-state index in [1.54, 1.807) is 11.3 Å². The van der Waals surface area contributed by atoms with Crippen molar-refractivity contribution >= 4 is 33.7 Å². The lowest BCUT2D eigenvalue weighted by atomic mass is 9.95. The first-order chi connectivity index (χ1) is 11.8. The molecular weight excluding hydrogens is 338 g/mol. The maximum absolute atomic E-state index is 6.47. The molecule has 4 rings (SSSR count). The van der Waals surface area contributed by atoms with Gasteiger partial charge in [0.25, 0.3) is 0 Å². The molecular formula is C19H22ClN3S. The van der Waals surface area contributed by atoms with E-state index in [9.17, 15) is 0 Å². The number of imidazole rings is 1. The summed E-state index contributed by atoms with van der Waals surface area (Å²) in [4.78, 5) is 5.95. The Balaban J connectivity index is 1.84. The number of hydrogen-bond donors (Lipinski definition) is 1. The van der Waals surface area contributed by atoms with E-state index in [-0.39, 0.29) is 0 Å². The molecule has 1 N–H and O–H groups in total. The summed E-state index contributed by atoms with van der Waals surface area (Å²) in [6, 6.07) is 8.53. The monoisotopic (exact) mass is 359 g/mol. The molecule has 1 aromatic carbocycles. The van der Waals surface area contributed by atoms with Crippen LogP contribution in [0.4, 0.5) is 5.82 Å². The largest absolute Gasteiger partial charge is 0.367 e. The van der Waals surface area contributed by atoms with E-state index < -0.39 is 0 Å². The average Bonchev–Trinajstić information content (AvgIpc) is 3.16. The Morgan fingerprint density at radius 3 is 2.79 bits per heavy atom. The van der Waals surface area contributed by atoms with Crippen LogP contribution in [0.2, 0.25) is 5.02 Å². The van der Waals surface area contributed by atoms with Crippen LogP contribution in [0.3, 0.4) is 0 Å². The highest BCUT2D eigenvalue weighted by molar-refractivity contribution is 7.15. The van der Waals surface area contributed by atoms with Gasteiger partial charge in [0, 0.05) is 22.7 Å². The highest BCUT2D eigenvalue weighted by Gasteiger charge is 2.22.